The fourth-order valence-electron chi connectivity index (χ4n) is 1.62. The summed E-state index contributed by atoms with van der Waals surface area (Å²) in [4.78, 5) is 1.36. The quantitative estimate of drug-likeness (QED) is 0.749. The van der Waals surface area contributed by atoms with E-state index in [1.807, 2.05) is 11.8 Å². The number of rotatable bonds is 6. The molecule has 0 radical (unpaired) electrons. The standard InChI is InChI=1S/C13H21NS/c1-3-11(10-14)9-12-5-7-13(8-6-12)15-4-2/h5-8,11H,3-4,9-10,14H2,1-2H3. The maximum absolute atomic E-state index is 5.70. The molecule has 0 saturated heterocycles. The van der Waals surface area contributed by atoms with Gasteiger partial charge in [0, 0.05) is 4.90 Å². The van der Waals surface area contributed by atoms with Crippen LogP contribution in [-0.2, 0) is 6.42 Å². The minimum Gasteiger partial charge on any atom is -0.330 e. The molecule has 1 nitrogen and oxygen atoms in total. The van der Waals surface area contributed by atoms with E-state index in [9.17, 15) is 0 Å². The van der Waals surface area contributed by atoms with Crippen LogP contribution in [0.1, 0.15) is 25.8 Å². The molecule has 1 rings (SSSR count). The summed E-state index contributed by atoms with van der Waals surface area (Å²) in [6.45, 7) is 5.18. The van der Waals surface area contributed by atoms with Gasteiger partial charge in [-0.1, -0.05) is 32.4 Å². The molecule has 0 saturated carbocycles. The van der Waals surface area contributed by atoms with E-state index in [4.69, 9.17) is 5.73 Å². The number of hydrogen-bond acceptors (Lipinski definition) is 2. The van der Waals surface area contributed by atoms with Crippen LogP contribution in [0.25, 0.3) is 0 Å². The molecule has 0 aliphatic rings. The van der Waals surface area contributed by atoms with Gasteiger partial charge in [-0.2, -0.15) is 0 Å². The van der Waals surface area contributed by atoms with Crippen molar-refractivity contribution < 1.29 is 0 Å². The van der Waals surface area contributed by atoms with Crippen LogP contribution in [0.4, 0.5) is 0 Å². The highest BCUT2D eigenvalue weighted by Crippen LogP contribution is 2.19. The third-order valence-electron chi connectivity index (χ3n) is 2.67. The summed E-state index contributed by atoms with van der Waals surface area (Å²) >= 11 is 1.89. The first-order valence-electron chi connectivity index (χ1n) is 5.71. The monoisotopic (exact) mass is 223 g/mol. The van der Waals surface area contributed by atoms with Gasteiger partial charge in [-0.3, -0.25) is 0 Å². The van der Waals surface area contributed by atoms with Crippen molar-refractivity contribution in [2.24, 2.45) is 11.7 Å². The molecule has 0 bridgehead atoms. The molecule has 15 heavy (non-hydrogen) atoms. The van der Waals surface area contributed by atoms with Crippen molar-refractivity contribution in [1.29, 1.82) is 0 Å². The Hall–Kier alpha value is -0.470. The number of benzene rings is 1. The fourth-order valence-corrected chi connectivity index (χ4v) is 2.28. The Kier molecular flexibility index (Phi) is 5.81. The lowest BCUT2D eigenvalue weighted by Crippen LogP contribution is -2.15. The van der Waals surface area contributed by atoms with E-state index in [2.05, 4.69) is 38.1 Å². The summed E-state index contributed by atoms with van der Waals surface area (Å²) in [6.07, 6.45) is 2.28. The molecule has 1 aromatic carbocycles. The normalized spacial score (nSPS) is 12.7. The van der Waals surface area contributed by atoms with E-state index in [-0.39, 0.29) is 0 Å². The molecule has 84 valence electrons. The second kappa shape index (κ2) is 6.91. The number of nitrogens with two attached hydrogens (primary N) is 1. The molecule has 0 amide bonds. The molecule has 0 heterocycles. The van der Waals surface area contributed by atoms with Gasteiger partial charge in [-0.25, -0.2) is 0 Å². The summed E-state index contributed by atoms with van der Waals surface area (Å²) < 4.78 is 0. The SMILES string of the molecule is CCSc1ccc(CC(CC)CN)cc1. The van der Waals surface area contributed by atoms with Crippen molar-refractivity contribution in [2.45, 2.75) is 31.6 Å². The molecule has 1 aromatic rings. The Morgan fingerprint density at radius 2 is 1.87 bits per heavy atom. The van der Waals surface area contributed by atoms with Gasteiger partial charge >= 0.3 is 0 Å². The lowest BCUT2D eigenvalue weighted by atomic mass is 9.97. The first-order valence-corrected chi connectivity index (χ1v) is 6.70. The Morgan fingerprint density at radius 3 is 2.33 bits per heavy atom. The Morgan fingerprint density at radius 1 is 1.20 bits per heavy atom. The maximum atomic E-state index is 5.70. The topological polar surface area (TPSA) is 26.0 Å². The van der Waals surface area contributed by atoms with Gasteiger partial charge in [-0.05, 0) is 42.3 Å². The van der Waals surface area contributed by atoms with Crippen molar-refractivity contribution in [1.82, 2.24) is 0 Å². The van der Waals surface area contributed by atoms with Crippen molar-refractivity contribution in [3.63, 3.8) is 0 Å². The molecular formula is C13H21NS. The van der Waals surface area contributed by atoms with Gasteiger partial charge in [0.05, 0.1) is 0 Å². The average Bonchev–Trinajstić information content (AvgIpc) is 2.28. The summed E-state index contributed by atoms with van der Waals surface area (Å²) in [5.74, 6) is 1.77. The average molecular weight is 223 g/mol. The minimum absolute atomic E-state index is 0.634. The van der Waals surface area contributed by atoms with Crippen molar-refractivity contribution >= 4 is 11.8 Å². The smallest absolute Gasteiger partial charge is 0.00720 e. The Labute approximate surface area is 97.4 Å². The Bertz CT molecular complexity index is 264. The van der Waals surface area contributed by atoms with Gasteiger partial charge in [0.15, 0.2) is 0 Å². The molecule has 2 N–H and O–H groups in total. The second-order valence-electron chi connectivity index (χ2n) is 3.79. The van der Waals surface area contributed by atoms with Gasteiger partial charge in [-0.15, -0.1) is 11.8 Å². The Balaban J connectivity index is 2.55. The lowest BCUT2D eigenvalue weighted by molar-refractivity contribution is 0.518. The largest absolute Gasteiger partial charge is 0.330 e. The van der Waals surface area contributed by atoms with Gasteiger partial charge < -0.3 is 5.73 Å². The molecule has 0 aliphatic carbocycles. The van der Waals surface area contributed by atoms with E-state index in [0.717, 1.165) is 18.7 Å². The zero-order valence-corrected chi connectivity index (χ0v) is 10.5. The van der Waals surface area contributed by atoms with Gasteiger partial charge in [0.1, 0.15) is 0 Å². The summed E-state index contributed by atoms with van der Waals surface area (Å²) in [5, 5.41) is 0. The van der Waals surface area contributed by atoms with Crippen LogP contribution in [-0.4, -0.2) is 12.3 Å². The van der Waals surface area contributed by atoms with Crippen LogP contribution < -0.4 is 5.73 Å². The van der Waals surface area contributed by atoms with E-state index in [1.54, 1.807) is 0 Å². The number of hydrogen-bond donors (Lipinski definition) is 1. The van der Waals surface area contributed by atoms with Crippen molar-refractivity contribution in [2.75, 3.05) is 12.3 Å². The van der Waals surface area contributed by atoms with Crippen LogP contribution in [0.15, 0.2) is 29.2 Å². The van der Waals surface area contributed by atoms with Gasteiger partial charge in [0.25, 0.3) is 0 Å². The second-order valence-corrected chi connectivity index (χ2v) is 5.13. The molecule has 0 fully saturated rings. The highest BCUT2D eigenvalue weighted by molar-refractivity contribution is 7.99. The molecular weight excluding hydrogens is 202 g/mol. The summed E-state index contributed by atoms with van der Waals surface area (Å²) in [7, 11) is 0. The predicted octanol–water partition coefficient (Wildman–Crippen LogP) is 3.33. The van der Waals surface area contributed by atoms with Crippen LogP contribution >= 0.6 is 11.8 Å². The third kappa shape index (κ3) is 4.27. The molecule has 1 atom stereocenters. The highest BCUT2D eigenvalue weighted by atomic mass is 32.2. The summed E-state index contributed by atoms with van der Waals surface area (Å²) in [5.41, 5.74) is 7.11. The van der Waals surface area contributed by atoms with Crippen LogP contribution in [0.2, 0.25) is 0 Å². The zero-order valence-electron chi connectivity index (χ0n) is 9.70. The van der Waals surface area contributed by atoms with Crippen LogP contribution in [0.5, 0.6) is 0 Å². The van der Waals surface area contributed by atoms with E-state index in [1.165, 1.54) is 16.9 Å². The first-order chi connectivity index (χ1) is 7.30. The van der Waals surface area contributed by atoms with Gasteiger partial charge in [0.2, 0.25) is 0 Å². The van der Waals surface area contributed by atoms with E-state index < -0.39 is 0 Å². The number of thioether (sulfide) groups is 1. The van der Waals surface area contributed by atoms with E-state index in [0.29, 0.717) is 5.92 Å². The molecule has 1 unspecified atom stereocenters. The fraction of sp³-hybridized carbons (Fsp3) is 0.538. The van der Waals surface area contributed by atoms with Crippen molar-refractivity contribution in [3.05, 3.63) is 29.8 Å². The first kappa shape index (κ1) is 12.6. The lowest BCUT2D eigenvalue weighted by Gasteiger charge is -2.12. The van der Waals surface area contributed by atoms with E-state index >= 15 is 0 Å². The molecule has 2 heteroatoms. The van der Waals surface area contributed by atoms with Crippen LogP contribution in [0, 0.1) is 5.92 Å². The van der Waals surface area contributed by atoms with Crippen LogP contribution in [0.3, 0.4) is 0 Å². The zero-order chi connectivity index (χ0) is 11.1. The minimum atomic E-state index is 0.634. The molecule has 0 aromatic heterocycles. The third-order valence-corrected chi connectivity index (χ3v) is 3.56. The molecule has 0 spiro atoms. The predicted molar refractivity (Wildman–Crippen MR) is 69.4 cm³/mol. The summed E-state index contributed by atoms with van der Waals surface area (Å²) in [6, 6.07) is 8.89. The highest BCUT2D eigenvalue weighted by Gasteiger charge is 2.04. The van der Waals surface area contributed by atoms with Crippen molar-refractivity contribution in [3.8, 4) is 0 Å². The maximum Gasteiger partial charge on any atom is 0.00720 e. The molecule has 0 aliphatic heterocycles.